The van der Waals surface area contributed by atoms with Crippen LogP contribution < -0.4 is 43.4 Å². The van der Waals surface area contributed by atoms with Crippen molar-refractivity contribution < 1.29 is 38.3 Å². The van der Waals surface area contributed by atoms with Crippen LogP contribution in [0.1, 0.15) is 89.1 Å². The third-order valence-electron chi connectivity index (χ3n) is 8.06. The molecule has 17 nitrogen and oxygen atoms in total. The molecule has 2 rings (SSSR count). The minimum absolute atomic E-state index is 0.176. The Labute approximate surface area is 286 Å². The summed E-state index contributed by atoms with van der Waals surface area (Å²) in [5.74, 6) is -3.66. The van der Waals surface area contributed by atoms with E-state index in [1.807, 2.05) is 0 Å². The van der Waals surface area contributed by atoms with Gasteiger partial charge in [0.25, 0.3) is 5.91 Å². The van der Waals surface area contributed by atoms with Crippen molar-refractivity contribution in [3.05, 3.63) is 24.2 Å². The maximum atomic E-state index is 13.4. The first-order chi connectivity index (χ1) is 23.3. The Morgan fingerprint density at radius 3 is 2.43 bits per heavy atom. The fourth-order valence-electron chi connectivity index (χ4n) is 5.00. The zero-order valence-electron chi connectivity index (χ0n) is 28.6. The van der Waals surface area contributed by atoms with Gasteiger partial charge in [0.1, 0.15) is 24.2 Å². The number of aliphatic hydroxyl groups excluding tert-OH is 1. The molecule has 0 aromatic carbocycles. The Hall–Kier alpha value is -4.67. The number of nitrogens with two attached hydrogens (primary N) is 2. The van der Waals surface area contributed by atoms with Gasteiger partial charge < -0.3 is 52.9 Å². The minimum Gasteiger partial charge on any atom is -0.459 e. The second kappa shape index (κ2) is 21.3. The fraction of sp³-hybridized carbons (Fsp3) is 0.656. The van der Waals surface area contributed by atoms with Crippen LogP contribution in [0.4, 0.5) is 0 Å². The molecule has 1 aromatic heterocycles. The molecule has 1 aliphatic rings. The molecule has 6 atom stereocenters. The Bertz CT molecular complexity index is 1270. The maximum absolute atomic E-state index is 13.4. The van der Waals surface area contributed by atoms with Gasteiger partial charge in [-0.15, -0.1) is 0 Å². The lowest BCUT2D eigenvalue weighted by Gasteiger charge is -2.26. The number of amides is 6. The number of furan rings is 1. The first-order valence-electron chi connectivity index (χ1n) is 16.8. The van der Waals surface area contributed by atoms with E-state index in [9.17, 15) is 33.9 Å². The van der Waals surface area contributed by atoms with Crippen LogP contribution in [-0.4, -0.2) is 96.4 Å². The number of aliphatic hydroxyl groups is 1. The van der Waals surface area contributed by atoms with E-state index < -0.39 is 65.7 Å². The summed E-state index contributed by atoms with van der Waals surface area (Å²) in [6, 6.07) is -1.46. The molecule has 0 bridgehead atoms. The summed E-state index contributed by atoms with van der Waals surface area (Å²) >= 11 is 0. The van der Waals surface area contributed by atoms with Gasteiger partial charge in [0.15, 0.2) is 11.7 Å². The van der Waals surface area contributed by atoms with Gasteiger partial charge in [-0.25, -0.2) is 0 Å². The predicted molar refractivity (Wildman–Crippen MR) is 181 cm³/mol. The van der Waals surface area contributed by atoms with Crippen molar-refractivity contribution in [1.82, 2.24) is 31.9 Å². The summed E-state index contributed by atoms with van der Waals surface area (Å²) in [6.07, 6.45) is 4.42. The number of primary amides is 1. The van der Waals surface area contributed by atoms with E-state index >= 15 is 0 Å². The van der Waals surface area contributed by atoms with Gasteiger partial charge in [-0.1, -0.05) is 13.3 Å². The first-order valence-corrected chi connectivity index (χ1v) is 16.8. The van der Waals surface area contributed by atoms with E-state index in [1.54, 1.807) is 13.0 Å². The van der Waals surface area contributed by atoms with Crippen LogP contribution in [0, 0.1) is 5.92 Å². The number of carbonyl (C=O) groups excluding carboxylic acids is 6. The van der Waals surface area contributed by atoms with Crippen molar-refractivity contribution >= 4 is 41.4 Å². The highest BCUT2D eigenvalue weighted by atomic mass is 16.3. The number of carbonyl (C=O) groups is 6. The Morgan fingerprint density at radius 1 is 1.02 bits per heavy atom. The van der Waals surface area contributed by atoms with Gasteiger partial charge in [0.2, 0.25) is 29.5 Å². The number of aliphatic imine (C=N–C) groups is 1. The number of rotatable bonds is 10. The van der Waals surface area contributed by atoms with Gasteiger partial charge in [-0.3, -0.25) is 33.8 Å². The lowest BCUT2D eigenvalue weighted by Crippen LogP contribution is -2.59. The van der Waals surface area contributed by atoms with Crippen LogP contribution >= 0.6 is 0 Å². The van der Waals surface area contributed by atoms with Crippen LogP contribution in [0.25, 0.3) is 0 Å². The second-order valence-electron chi connectivity index (χ2n) is 12.3. The van der Waals surface area contributed by atoms with Gasteiger partial charge in [0, 0.05) is 25.6 Å². The molecule has 1 aliphatic heterocycles. The second-order valence-corrected chi connectivity index (χ2v) is 12.3. The van der Waals surface area contributed by atoms with Crippen LogP contribution in [-0.2, 0) is 24.0 Å². The average molecular weight is 692 g/mol. The Morgan fingerprint density at radius 2 is 1.76 bits per heavy atom. The Balaban J connectivity index is 2.10. The molecule has 0 saturated carbocycles. The van der Waals surface area contributed by atoms with Crippen molar-refractivity contribution in [2.45, 2.75) is 109 Å². The van der Waals surface area contributed by atoms with Gasteiger partial charge in [0.05, 0.1) is 12.4 Å². The minimum atomic E-state index is -1.31. The standard InChI is InChI=1S/C32H53N9O8/c1-19-11-4-7-16-36-32(34)37-17-9-6-13-23(40-28(45)20(2)38-31(48)25(21(3)42)41-27(19)44)29(46)39-22(26(33)43)12-5-8-15-35-30(47)24-14-10-18-49-24/h10,14,18-23,25,42H,4-9,11-13,15-17H2,1-3H3,(H2,33,43)(H,35,47)(H,38,48)(H,39,46)(H,40,45)(H,41,44)(H3,34,36,37)/t19-,20-,21-,22-,23+,25-/m0/s1. The molecule has 0 spiro atoms. The first kappa shape index (κ1) is 40.5. The third kappa shape index (κ3) is 15.0. The number of guanidine groups is 1. The molecule has 0 aliphatic carbocycles. The van der Waals surface area contributed by atoms with Crippen molar-refractivity contribution in [1.29, 1.82) is 0 Å². The van der Waals surface area contributed by atoms with Crippen molar-refractivity contribution in [2.24, 2.45) is 22.4 Å². The zero-order chi connectivity index (χ0) is 36.3. The molecule has 0 unspecified atom stereocenters. The van der Waals surface area contributed by atoms with Gasteiger partial charge in [-0.05, 0) is 77.3 Å². The average Bonchev–Trinajstić information content (AvgIpc) is 3.59. The molecule has 6 amide bonds. The summed E-state index contributed by atoms with van der Waals surface area (Å²) in [7, 11) is 0. The predicted octanol–water partition coefficient (Wildman–Crippen LogP) is -1.10. The number of hydrogen-bond acceptors (Lipinski definition) is 11. The molecule has 17 heteroatoms. The molecule has 0 radical (unpaired) electrons. The summed E-state index contributed by atoms with van der Waals surface area (Å²) in [4.78, 5) is 80.9. The fourth-order valence-corrected chi connectivity index (χ4v) is 5.00. The lowest BCUT2D eigenvalue weighted by molar-refractivity contribution is -0.136. The number of hydrogen-bond donors (Lipinski definition) is 9. The number of unbranched alkanes of at least 4 members (excludes halogenated alkanes) is 1. The molecular weight excluding hydrogens is 638 g/mol. The third-order valence-corrected chi connectivity index (χ3v) is 8.06. The summed E-state index contributed by atoms with van der Waals surface area (Å²) in [5.41, 5.74) is 11.5. The zero-order valence-corrected chi connectivity index (χ0v) is 28.6. The van der Waals surface area contributed by atoms with E-state index in [0.29, 0.717) is 58.2 Å². The van der Waals surface area contributed by atoms with E-state index in [0.717, 1.165) is 6.42 Å². The molecule has 2 heterocycles. The molecular formula is C32H53N9O8. The normalized spacial score (nSPS) is 23.5. The highest BCUT2D eigenvalue weighted by Gasteiger charge is 2.31. The smallest absolute Gasteiger partial charge is 0.286 e. The summed E-state index contributed by atoms with van der Waals surface area (Å²) in [5, 5.41) is 26.3. The molecule has 0 fully saturated rings. The topological polar surface area (TPSA) is 272 Å². The molecule has 0 saturated heterocycles. The van der Waals surface area contributed by atoms with E-state index in [2.05, 4.69) is 36.9 Å². The quantitative estimate of drug-likeness (QED) is 0.134. The number of nitrogens with one attached hydrogen (secondary N) is 6. The molecule has 49 heavy (non-hydrogen) atoms. The van der Waals surface area contributed by atoms with E-state index in [4.69, 9.17) is 15.9 Å². The van der Waals surface area contributed by atoms with Crippen LogP contribution in [0.15, 0.2) is 27.8 Å². The van der Waals surface area contributed by atoms with Crippen LogP contribution in [0.3, 0.4) is 0 Å². The summed E-state index contributed by atoms with van der Waals surface area (Å²) in [6.45, 7) is 5.70. The van der Waals surface area contributed by atoms with Crippen LogP contribution in [0.5, 0.6) is 0 Å². The summed E-state index contributed by atoms with van der Waals surface area (Å²) < 4.78 is 5.05. The lowest BCUT2D eigenvalue weighted by atomic mass is 10.0. The highest BCUT2D eigenvalue weighted by Crippen LogP contribution is 2.10. The van der Waals surface area contributed by atoms with Crippen molar-refractivity contribution in [3.63, 3.8) is 0 Å². The molecule has 1 aromatic rings. The SMILES string of the molecule is C[C@@H]1NC(=O)[C@H]([C@H](C)O)NC(=O)[C@@H](C)CCCCNC(N)=NCCCC[C@H](C(=O)N[C@@H](CCCCNC(=O)c2ccco2)C(N)=O)NC1=O. The monoisotopic (exact) mass is 691 g/mol. The van der Waals surface area contributed by atoms with Crippen LogP contribution in [0.2, 0.25) is 0 Å². The molecule has 274 valence electrons. The maximum Gasteiger partial charge on any atom is 0.286 e. The number of nitrogens with zero attached hydrogens (tertiary/aromatic N) is 1. The van der Waals surface area contributed by atoms with Gasteiger partial charge in [-0.2, -0.15) is 0 Å². The van der Waals surface area contributed by atoms with E-state index in [1.165, 1.54) is 26.2 Å². The van der Waals surface area contributed by atoms with Gasteiger partial charge >= 0.3 is 0 Å². The Kier molecular flexibility index (Phi) is 17.6. The largest absolute Gasteiger partial charge is 0.459 e. The molecule has 11 N–H and O–H groups in total. The van der Waals surface area contributed by atoms with Crippen molar-refractivity contribution in [3.8, 4) is 0 Å². The van der Waals surface area contributed by atoms with E-state index in [-0.39, 0.29) is 30.5 Å². The van der Waals surface area contributed by atoms with Crippen molar-refractivity contribution in [2.75, 3.05) is 19.6 Å². The highest BCUT2D eigenvalue weighted by molar-refractivity contribution is 5.95.